The summed E-state index contributed by atoms with van der Waals surface area (Å²) in [4.78, 5) is 28.8. The Kier molecular flexibility index (Phi) is 15.6. The standard InChI is InChI=1S/C17H18Cl2NO5P.2K.2H/c18-15-7-6-14(10-16(15)19)25-13-5-1-3-12(9-13)4-2-8-20-17(21)11-26(22,23)24;;;;/h1,3,5-7,9-10H,2,4,8,11H2,(H,20,21)(H2,22,23,24);;;;/q;2*+1;2*-1. The van der Waals surface area contributed by atoms with Crippen LogP contribution in [0.4, 0.5) is 0 Å². The first-order valence-corrected chi connectivity index (χ1v) is 10.3. The summed E-state index contributed by atoms with van der Waals surface area (Å²) in [6.07, 6.45) is 0.512. The zero-order valence-electron chi connectivity index (χ0n) is 17.7. The van der Waals surface area contributed by atoms with E-state index in [9.17, 15) is 9.36 Å². The maximum atomic E-state index is 11.3. The molecule has 0 unspecified atom stereocenters. The molecule has 3 N–H and O–H groups in total. The molecule has 11 heteroatoms. The van der Waals surface area contributed by atoms with Gasteiger partial charge in [0.1, 0.15) is 17.7 Å². The molecule has 0 bridgehead atoms. The molecule has 0 heterocycles. The monoisotopic (exact) mass is 497 g/mol. The van der Waals surface area contributed by atoms with E-state index in [0.717, 1.165) is 5.56 Å². The van der Waals surface area contributed by atoms with Crippen molar-refractivity contribution in [1.29, 1.82) is 0 Å². The Balaban J connectivity index is -0.00000182. The van der Waals surface area contributed by atoms with Crippen LogP contribution in [0.5, 0.6) is 11.5 Å². The number of rotatable bonds is 8. The Bertz CT molecular complexity index is 846. The molecular weight excluding hydrogens is 478 g/mol. The Morgan fingerprint density at radius 1 is 1.07 bits per heavy atom. The summed E-state index contributed by atoms with van der Waals surface area (Å²) >= 11 is 11.8. The van der Waals surface area contributed by atoms with E-state index >= 15 is 0 Å². The predicted molar refractivity (Wildman–Crippen MR) is 103 cm³/mol. The summed E-state index contributed by atoms with van der Waals surface area (Å²) in [5, 5.41) is 3.35. The molecule has 0 saturated heterocycles. The van der Waals surface area contributed by atoms with Gasteiger partial charge in [0, 0.05) is 12.6 Å². The Morgan fingerprint density at radius 3 is 2.39 bits per heavy atom. The van der Waals surface area contributed by atoms with Crippen LogP contribution in [-0.4, -0.2) is 28.4 Å². The molecule has 0 aliphatic heterocycles. The van der Waals surface area contributed by atoms with Crippen molar-refractivity contribution in [3.8, 4) is 11.5 Å². The van der Waals surface area contributed by atoms with Crippen molar-refractivity contribution in [1.82, 2.24) is 5.32 Å². The van der Waals surface area contributed by atoms with E-state index < -0.39 is 19.7 Å². The Morgan fingerprint density at radius 2 is 1.75 bits per heavy atom. The van der Waals surface area contributed by atoms with Crippen LogP contribution in [0.15, 0.2) is 42.5 Å². The van der Waals surface area contributed by atoms with Crippen molar-refractivity contribution in [2.24, 2.45) is 0 Å². The van der Waals surface area contributed by atoms with Crippen LogP contribution < -0.4 is 113 Å². The van der Waals surface area contributed by atoms with Crippen molar-refractivity contribution < 1.29 is 130 Å². The van der Waals surface area contributed by atoms with Crippen molar-refractivity contribution in [2.75, 3.05) is 12.7 Å². The fraction of sp³-hybridized carbons (Fsp3) is 0.235. The van der Waals surface area contributed by atoms with E-state index in [0.29, 0.717) is 40.9 Å². The minimum absolute atomic E-state index is 0. The van der Waals surface area contributed by atoms with E-state index in [-0.39, 0.29) is 106 Å². The molecule has 2 aromatic rings. The van der Waals surface area contributed by atoms with Crippen molar-refractivity contribution in [2.45, 2.75) is 12.8 Å². The van der Waals surface area contributed by atoms with Gasteiger partial charge in [0.25, 0.3) is 0 Å². The predicted octanol–water partition coefficient (Wildman–Crippen LogP) is -1.75. The molecule has 2 rings (SSSR count). The largest absolute Gasteiger partial charge is 1.00 e. The van der Waals surface area contributed by atoms with Gasteiger partial charge in [-0.1, -0.05) is 35.3 Å². The first-order chi connectivity index (χ1) is 12.2. The third-order valence-corrected chi connectivity index (χ3v) is 4.78. The van der Waals surface area contributed by atoms with Crippen LogP contribution in [0, 0.1) is 0 Å². The smallest absolute Gasteiger partial charge is 1.00 e. The normalized spacial score (nSPS) is 10.4. The Labute approximate surface area is 262 Å². The van der Waals surface area contributed by atoms with Gasteiger partial charge in [-0.3, -0.25) is 9.36 Å². The van der Waals surface area contributed by atoms with Gasteiger partial charge in [0.05, 0.1) is 10.0 Å². The number of benzene rings is 2. The van der Waals surface area contributed by atoms with Gasteiger partial charge in [-0.25, -0.2) is 0 Å². The number of ether oxygens (including phenoxy) is 1. The van der Waals surface area contributed by atoms with E-state index in [1.165, 1.54) is 0 Å². The van der Waals surface area contributed by atoms with Crippen molar-refractivity contribution >= 4 is 36.7 Å². The van der Waals surface area contributed by atoms with Gasteiger partial charge in [-0.05, 0) is 42.7 Å². The molecule has 144 valence electrons. The van der Waals surface area contributed by atoms with Gasteiger partial charge in [-0.15, -0.1) is 0 Å². The molecule has 0 radical (unpaired) electrons. The summed E-state index contributed by atoms with van der Waals surface area (Å²) in [6, 6.07) is 12.5. The van der Waals surface area contributed by atoms with E-state index in [1.54, 1.807) is 18.2 Å². The number of carbonyl (C=O) groups excluding carboxylic acids is 1. The fourth-order valence-corrected chi connectivity index (χ4v) is 2.98. The number of hydrogen-bond acceptors (Lipinski definition) is 3. The third kappa shape index (κ3) is 11.9. The molecule has 0 fully saturated rings. The number of halogens is 2. The molecule has 0 aliphatic carbocycles. The van der Waals surface area contributed by atoms with Gasteiger partial charge < -0.3 is 22.7 Å². The molecule has 6 nitrogen and oxygen atoms in total. The maximum absolute atomic E-state index is 11.3. The number of amides is 1. The molecule has 1 amide bonds. The molecule has 0 saturated carbocycles. The summed E-state index contributed by atoms with van der Waals surface area (Å²) in [5.74, 6) is 0.558. The Hall–Kier alpha value is 1.71. The summed E-state index contributed by atoms with van der Waals surface area (Å²) in [7, 11) is -4.32. The van der Waals surface area contributed by atoms with Crippen molar-refractivity contribution in [3.05, 3.63) is 58.1 Å². The summed E-state index contributed by atoms with van der Waals surface area (Å²) in [5.41, 5.74) is 1.01. The summed E-state index contributed by atoms with van der Waals surface area (Å²) < 4.78 is 16.5. The zero-order valence-corrected chi connectivity index (χ0v) is 24.3. The average Bonchev–Trinajstić information content (AvgIpc) is 2.54. The topological polar surface area (TPSA) is 95.9 Å². The van der Waals surface area contributed by atoms with Crippen LogP contribution in [-0.2, 0) is 15.8 Å². The number of carbonyl (C=O) groups is 1. The second-order valence-electron chi connectivity index (χ2n) is 5.60. The first kappa shape index (κ1) is 29.7. The molecule has 0 aromatic heterocycles. The van der Waals surface area contributed by atoms with Crippen LogP contribution >= 0.6 is 30.8 Å². The molecule has 0 spiro atoms. The van der Waals surface area contributed by atoms with Crippen LogP contribution in [0.1, 0.15) is 14.8 Å². The second kappa shape index (κ2) is 14.7. The molecule has 0 aliphatic rings. The van der Waals surface area contributed by atoms with E-state index in [4.69, 9.17) is 37.7 Å². The van der Waals surface area contributed by atoms with E-state index in [2.05, 4.69) is 5.32 Å². The van der Waals surface area contributed by atoms with Gasteiger partial charge in [0.2, 0.25) is 5.91 Å². The average molecular weight is 498 g/mol. The summed E-state index contributed by atoms with van der Waals surface area (Å²) in [6.45, 7) is 0.330. The minimum atomic E-state index is -4.32. The van der Waals surface area contributed by atoms with Crippen LogP contribution in [0.2, 0.25) is 10.0 Å². The van der Waals surface area contributed by atoms with Crippen LogP contribution in [0.3, 0.4) is 0 Å². The van der Waals surface area contributed by atoms with Crippen molar-refractivity contribution in [3.63, 3.8) is 0 Å². The van der Waals surface area contributed by atoms with Gasteiger partial charge in [-0.2, -0.15) is 0 Å². The first-order valence-electron chi connectivity index (χ1n) is 7.76. The fourth-order valence-electron chi connectivity index (χ4n) is 2.20. The number of nitrogens with one attached hydrogen (secondary N) is 1. The molecule has 28 heavy (non-hydrogen) atoms. The number of aryl methyl sites for hydroxylation is 1. The zero-order chi connectivity index (χ0) is 19.2. The maximum Gasteiger partial charge on any atom is 1.00 e. The molecule has 2 aromatic carbocycles. The quantitative estimate of drug-likeness (QED) is 0.228. The SMILES string of the molecule is O=C(CP(=O)(O)O)NCCCc1cccc(Oc2ccc(Cl)c(Cl)c2)c1.[H-].[H-].[K+].[K+]. The minimum Gasteiger partial charge on any atom is -1.00 e. The number of hydrogen-bond donors (Lipinski definition) is 3. The molecular formula is C17H20Cl2K2NO5P. The third-order valence-electron chi connectivity index (χ3n) is 3.34. The van der Waals surface area contributed by atoms with Gasteiger partial charge >= 0.3 is 110 Å². The van der Waals surface area contributed by atoms with Gasteiger partial charge in [0.15, 0.2) is 0 Å². The van der Waals surface area contributed by atoms with Crippen LogP contribution in [0.25, 0.3) is 0 Å². The van der Waals surface area contributed by atoms with E-state index in [1.807, 2.05) is 24.3 Å². The second-order valence-corrected chi connectivity index (χ2v) is 8.06. The molecule has 0 atom stereocenters.